The molecule has 0 fully saturated rings. The minimum Gasteiger partial charge on any atom is -0.345 e. The molecule has 1 aromatic heterocycles. The predicted octanol–water partition coefficient (Wildman–Crippen LogP) is 4.46. The number of nitrogens with one attached hydrogen (secondary N) is 2. The van der Waals surface area contributed by atoms with Crippen LogP contribution in [0, 0.1) is 6.92 Å². The highest BCUT2D eigenvalue weighted by molar-refractivity contribution is 7.99. The van der Waals surface area contributed by atoms with Crippen LogP contribution < -0.4 is 10.6 Å². The molecule has 0 bridgehead atoms. The lowest BCUT2D eigenvalue weighted by Gasteiger charge is -2.11. The van der Waals surface area contributed by atoms with Gasteiger partial charge in [0, 0.05) is 12.6 Å². The molecule has 3 aromatic rings. The summed E-state index contributed by atoms with van der Waals surface area (Å²) >= 11 is 6.94. The van der Waals surface area contributed by atoms with Crippen molar-refractivity contribution >= 4 is 40.9 Å². The molecule has 33 heavy (non-hydrogen) atoms. The van der Waals surface area contributed by atoms with E-state index in [4.69, 9.17) is 11.6 Å². The second-order valence-corrected chi connectivity index (χ2v) is 8.33. The Bertz CT molecular complexity index is 1180. The number of carbonyl (C=O) groups excluding carboxylic acids is 2. The van der Waals surface area contributed by atoms with Crippen molar-refractivity contribution in [1.82, 2.24) is 20.1 Å². The van der Waals surface area contributed by atoms with E-state index in [9.17, 15) is 22.8 Å². The first-order valence-corrected chi connectivity index (χ1v) is 10.9. The highest BCUT2D eigenvalue weighted by Gasteiger charge is 2.31. The summed E-state index contributed by atoms with van der Waals surface area (Å²) in [4.78, 5) is 24.6. The Morgan fingerprint density at radius 2 is 1.88 bits per heavy atom. The lowest BCUT2D eigenvalue weighted by atomic mass is 10.1. The normalized spacial score (nSPS) is 11.3. The fourth-order valence-electron chi connectivity index (χ4n) is 2.82. The van der Waals surface area contributed by atoms with Crippen LogP contribution in [-0.2, 0) is 24.6 Å². The van der Waals surface area contributed by atoms with Crippen LogP contribution in [0.5, 0.6) is 0 Å². The number of rotatable bonds is 7. The molecule has 7 nitrogen and oxygen atoms in total. The largest absolute Gasteiger partial charge is 0.416 e. The number of halogens is 4. The number of carbonyl (C=O) groups is 2. The highest BCUT2D eigenvalue weighted by Crippen LogP contribution is 2.34. The van der Waals surface area contributed by atoms with Gasteiger partial charge in [0.15, 0.2) is 11.0 Å². The topological polar surface area (TPSA) is 88.9 Å². The quantitative estimate of drug-likeness (QED) is 0.471. The molecule has 1 heterocycles. The second kappa shape index (κ2) is 10.3. The van der Waals surface area contributed by atoms with Gasteiger partial charge in [0.05, 0.1) is 28.6 Å². The summed E-state index contributed by atoms with van der Waals surface area (Å²) in [7, 11) is 1.68. The molecular weight excluding hydrogens is 479 g/mol. The number of aromatic nitrogens is 3. The van der Waals surface area contributed by atoms with Crippen molar-refractivity contribution in [3.05, 3.63) is 70.0 Å². The van der Waals surface area contributed by atoms with Gasteiger partial charge >= 0.3 is 6.18 Å². The molecule has 2 amide bonds. The van der Waals surface area contributed by atoms with Gasteiger partial charge in [-0.25, -0.2) is 0 Å². The molecule has 2 N–H and O–H groups in total. The van der Waals surface area contributed by atoms with Crippen molar-refractivity contribution in [2.45, 2.75) is 24.8 Å². The Kier molecular flexibility index (Phi) is 7.65. The monoisotopic (exact) mass is 497 g/mol. The van der Waals surface area contributed by atoms with Crippen LogP contribution in [0.25, 0.3) is 0 Å². The van der Waals surface area contributed by atoms with E-state index in [1.165, 1.54) is 0 Å². The molecular formula is C21H19ClF3N5O2S. The van der Waals surface area contributed by atoms with Crippen LogP contribution >= 0.6 is 23.4 Å². The van der Waals surface area contributed by atoms with E-state index in [1.54, 1.807) is 23.7 Å². The third kappa shape index (κ3) is 6.26. The van der Waals surface area contributed by atoms with Gasteiger partial charge in [-0.1, -0.05) is 41.6 Å². The van der Waals surface area contributed by atoms with Crippen LogP contribution in [0.15, 0.2) is 47.6 Å². The Balaban J connectivity index is 1.57. The van der Waals surface area contributed by atoms with Crippen molar-refractivity contribution in [3.63, 3.8) is 0 Å². The van der Waals surface area contributed by atoms with Gasteiger partial charge in [0.25, 0.3) is 5.91 Å². The molecule has 0 atom stereocenters. The molecule has 0 saturated carbocycles. The highest BCUT2D eigenvalue weighted by atomic mass is 35.5. The standard InChI is InChI=1S/C21H19ClF3N5O2S/c1-12-5-3-4-6-14(12)19(32)26-10-17-28-29-20(30(17)2)33-11-18(31)27-16-9-13(21(23,24)25)7-8-15(16)22/h3-9H,10-11H2,1-2H3,(H,26,32)(H,27,31). The van der Waals surface area contributed by atoms with Gasteiger partial charge in [0.1, 0.15) is 0 Å². The first kappa shape index (κ1) is 24.6. The zero-order valence-electron chi connectivity index (χ0n) is 17.5. The van der Waals surface area contributed by atoms with E-state index in [1.807, 2.05) is 19.1 Å². The average molecular weight is 498 g/mol. The van der Waals surface area contributed by atoms with Crippen molar-refractivity contribution in [2.24, 2.45) is 7.05 Å². The fraction of sp³-hybridized carbons (Fsp3) is 0.238. The smallest absolute Gasteiger partial charge is 0.345 e. The number of thioether (sulfide) groups is 1. The van der Waals surface area contributed by atoms with Crippen LogP contribution in [0.3, 0.4) is 0 Å². The number of hydrogen-bond acceptors (Lipinski definition) is 5. The summed E-state index contributed by atoms with van der Waals surface area (Å²) < 4.78 is 40.3. The molecule has 0 saturated heterocycles. The van der Waals surface area contributed by atoms with E-state index >= 15 is 0 Å². The molecule has 0 spiro atoms. The molecule has 3 rings (SSSR count). The van der Waals surface area contributed by atoms with Crippen LogP contribution in [0.2, 0.25) is 5.02 Å². The summed E-state index contributed by atoms with van der Waals surface area (Å²) in [6, 6.07) is 9.87. The number of benzene rings is 2. The number of alkyl halides is 3. The Labute approximate surface area is 196 Å². The summed E-state index contributed by atoms with van der Waals surface area (Å²) in [6.45, 7) is 1.97. The van der Waals surface area contributed by atoms with Crippen LogP contribution in [-0.4, -0.2) is 32.3 Å². The van der Waals surface area contributed by atoms with Gasteiger partial charge in [-0.15, -0.1) is 10.2 Å². The minimum atomic E-state index is -4.55. The maximum atomic E-state index is 12.9. The molecule has 0 radical (unpaired) electrons. The lowest BCUT2D eigenvalue weighted by Crippen LogP contribution is -2.25. The van der Waals surface area contributed by atoms with E-state index in [2.05, 4.69) is 20.8 Å². The van der Waals surface area contributed by atoms with Crippen molar-refractivity contribution in [2.75, 3.05) is 11.1 Å². The maximum Gasteiger partial charge on any atom is 0.416 e. The second-order valence-electron chi connectivity index (χ2n) is 6.98. The summed E-state index contributed by atoms with van der Waals surface area (Å²) in [5.41, 5.74) is 0.352. The first-order chi connectivity index (χ1) is 15.6. The molecule has 0 aliphatic rings. The molecule has 2 aromatic carbocycles. The summed E-state index contributed by atoms with van der Waals surface area (Å²) in [6.07, 6.45) is -4.55. The average Bonchev–Trinajstić information content (AvgIpc) is 3.11. The predicted molar refractivity (Wildman–Crippen MR) is 119 cm³/mol. The zero-order chi connectivity index (χ0) is 24.2. The molecule has 12 heteroatoms. The van der Waals surface area contributed by atoms with Crippen molar-refractivity contribution in [3.8, 4) is 0 Å². The van der Waals surface area contributed by atoms with E-state index < -0.39 is 17.6 Å². The van der Waals surface area contributed by atoms with E-state index in [-0.39, 0.29) is 28.9 Å². The Morgan fingerprint density at radius 3 is 2.58 bits per heavy atom. The number of aryl methyl sites for hydroxylation is 1. The van der Waals surface area contributed by atoms with Crippen LogP contribution in [0.4, 0.5) is 18.9 Å². The summed E-state index contributed by atoms with van der Waals surface area (Å²) in [5, 5.41) is 13.6. The van der Waals surface area contributed by atoms with E-state index in [0.717, 1.165) is 35.5 Å². The number of anilines is 1. The van der Waals surface area contributed by atoms with Gasteiger partial charge in [-0.3, -0.25) is 9.59 Å². The lowest BCUT2D eigenvalue weighted by molar-refractivity contribution is -0.137. The first-order valence-electron chi connectivity index (χ1n) is 9.57. The third-order valence-electron chi connectivity index (χ3n) is 4.62. The molecule has 174 valence electrons. The van der Waals surface area contributed by atoms with Crippen molar-refractivity contribution in [1.29, 1.82) is 0 Å². The zero-order valence-corrected chi connectivity index (χ0v) is 19.1. The van der Waals surface area contributed by atoms with Gasteiger partial charge in [-0.2, -0.15) is 13.2 Å². The Morgan fingerprint density at radius 1 is 1.15 bits per heavy atom. The fourth-order valence-corrected chi connectivity index (χ4v) is 3.72. The van der Waals surface area contributed by atoms with Gasteiger partial charge in [-0.05, 0) is 36.8 Å². The van der Waals surface area contributed by atoms with Gasteiger partial charge < -0.3 is 15.2 Å². The number of hydrogen-bond donors (Lipinski definition) is 2. The molecule has 0 unspecified atom stereocenters. The summed E-state index contributed by atoms with van der Waals surface area (Å²) in [5.74, 6) is -0.462. The minimum absolute atomic E-state index is 0.00770. The van der Waals surface area contributed by atoms with Crippen molar-refractivity contribution < 1.29 is 22.8 Å². The Hall–Kier alpha value is -3.05. The van der Waals surface area contributed by atoms with Crippen LogP contribution in [0.1, 0.15) is 27.3 Å². The van der Waals surface area contributed by atoms with E-state index in [0.29, 0.717) is 16.5 Å². The third-order valence-corrected chi connectivity index (χ3v) is 5.97. The molecule has 0 aliphatic carbocycles. The number of amides is 2. The SMILES string of the molecule is Cc1ccccc1C(=O)NCc1nnc(SCC(=O)Nc2cc(C(F)(F)F)ccc2Cl)n1C. The molecule has 0 aliphatic heterocycles. The number of nitrogens with zero attached hydrogens (tertiary/aromatic N) is 3. The maximum absolute atomic E-state index is 12.9. The van der Waals surface area contributed by atoms with Gasteiger partial charge in [0.2, 0.25) is 5.91 Å².